The smallest absolute Gasteiger partial charge is 0.194 e. The van der Waals surface area contributed by atoms with Crippen LogP contribution in [0.15, 0.2) is 29.3 Å². The number of nitrogens with zero attached hydrogens (tertiary/aromatic N) is 2. The van der Waals surface area contributed by atoms with Crippen molar-refractivity contribution in [3.8, 4) is 0 Å². The maximum absolute atomic E-state index is 5.80. The van der Waals surface area contributed by atoms with Gasteiger partial charge < -0.3 is 19.7 Å². The van der Waals surface area contributed by atoms with Crippen molar-refractivity contribution < 1.29 is 9.47 Å². The van der Waals surface area contributed by atoms with Crippen LogP contribution in [0.25, 0.3) is 0 Å². The van der Waals surface area contributed by atoms with Gasteiger partial charge in [-0.3, -0.25) is 4.99 Å². The van der Waals surface area contributed by atoms with Crippen LogP contribution in [0.1, 0.15) is 37.8 Å². The van der Waals surface area contributed by atoms with E-state index in [1.165, 1.54) is 11.1 Å². The van der Waals surface area contributed by atoms with Crippen LogP contribution in [-0.4, -0.2) is 56.9 Å². The molecule has 1 aliphatic rings. The lowest BCUT2D eigenvalue weighted by Gasteiger charge is -2.35. The second-order valence-corrected chi connectivity index (χ2v) is 6.70. The summed E-state index contributed by atoms with van der Waals surface area (Å²) in [6.45, 7) is 8.12. The predicted octanol–water partition coefficient (Wildman–Crippen LogP) is 3.46. The van der Waals surface area contributed by atoms with Gasteiger partial charge in [-0.2, -0.15) is 0 Å². The highest BCUT2D eigenvalue weighted by molar-refractivity contribution is 14.0. The molecule has 2 rings (SSSR count). The Bertz CT molecular complexity index is 542. The van der Waals surface area contributed by atoms with E-state index in [-0.39, 0.29) is 29.6 Å². The first-order valence-corrected chi connectivity index (χ1v) is 9.32. The molecule has 0 spiro atoms. The molecule has 1 aromatic rings. The Balaban J connectivity index is 0.00000338. The van der Waals surface area contributed by atoms with Crippen LogP contribution in [0.4, 0.5) is 0 Å². The average molecular weight is 475 g/mol. The number of methoxy groups -OCH3 is 1. The zero-order chi connectivity index (χ0) is 18.1. The van der Waals surface area contributed by atoms with Crippen molar-refractivity contribution in [3.05, 3.63) is 35.4 Å². The zero-order valence-electron chi connectivity index (χ0n) is 16.6. The summed E-state index contributed by atoms with van der Waals surface area (Å²) in [5.41, 5.74) is 2.47. The summed E-state index contributed by atoms with van der Waals surface area (Å²) in [6, 6.07) is 8.81. The number of ether oxygens (including phenoxy) is 2. The molecule has 1 aliphatic heterocycles. The van der Waals surface area contributed by atoms with E-state index in [2.05, 4.69) is 55.4 Å². The summed E-state index contributed by atoms with van der Waals surface area (Å²) >= 11 is 0. The van der Waals surface area contributed by atoms with Gasteiger partial charge in [0, 0.05) is 53.3 Å². The fourth-order valence-corrected chi connectivity index (χ4v) is 3.09. The Kier molecular flexibility index (Phi) is 10.5. The molecule has 26 heavy (non-hydrogen) atoms. The standard InChI is InChI=1S/C20H33N3O2.HI/c1-5-17-7-9-18(10-8-17)15-23(3)19(21-6-2)22-16-20(24-4)11-13-25-14-12-20;/h7-10H,5-6,11-16H2,1-4H3,(H,21,22);1H. The SMILES string of the molecule is CCNC(=NCC1(OC)CCOCC1)N(C)Cc1ccc(CC)cc1.I. The molecule has 0 aromatic heterocycles. The number of benzene rings is 1. The van der Waals surface area contributed by atoms with Crippen LogP contribution in [-0.2, 0) is 22.4 Å². The Morgan fingerprint density at radius 1 is 1.19 bits per heavy atom. The molecule has 1 aromatic carbocycles. The van der Waals surface area contributed by atoms with Gasteiger partial charge in [-0.1, -0.05) is 31.2 Å². The summed E-state index contributed by atoms with van der Waals surface area (Å²) < 4.78 is 11.3. The molecule has 148 valence electrons. The highest BCUT2D eigenvalue weighted by Crippen LogP contribution is 2.24. The van der Waals surface area contributed by atoms with Crippen LogP contribution in [0.2, 0.25) is 0 Å². The summed E-state index contributed by atoms with van der Waals surface area (Å²) in [5, 5.41) is 3.40. The first-order chi connectivity index (χ1) is 12.1. The van der Waals surface area contributed by atoms with E-state index >= 15 is 0 Å². The number of hydrogen-bond donors (Lipinski definition) is 1. The number of aryl methyl sites for hydroxylation is 1. The lowest BCUT2D eigenvalue weighted by atomic mass is 9.94. The largest absolute Gasteiger partial charge is 0.381 e. The van der Waals surface area contributed by atoms with Crippen LogP contribution in [0.3, 0.4) is 0 Å². The zero-order valence-corrected chi connectivity index (χ0v) is 18.9. The summed E-state index contributed by atoms with van der Waals surface area (Å²) in [4.78, 5) is 7.03. The fraction of sp³-hybridized carbons (Fsp3) is 0.650. The first-order valence-electron chi connectivity index (χ1n) is 9.32. The van der Waals surface area contributed by atoms with Crippen molar-refractivity contribution in [2.75, 3.05) is 40.5 Å². The summed E-state index contributed by atoms with van der Waals surface area (Å²) in [5.74, 6) is 0.921. The Hall–Kier alpha value is -0.860. The van der Waals surface area contributed by atoms with Crippen molar-refractivity contribution in [2.24, 2.45) is 4.99 Å². The van der Waals surface area contributed by atoms with Gasteiger partial charge in [0.25, 0.3) is 0 Å². The van der Waals surface area contributed by atoms with Gasteiger partial charge in [0.15, 0.2) is 5.96 Å². The van der Waals surface area contributed by atoms with Gasteiger partial charge in [-0.25, -0.2) is 0 Å². The number of guanidine groups is 1. The predicted molar refractivity (Wildman–Crippen MR) is 118 cm³/mol. The van der Waals surface area contributed by atoms with Gasteiger partial charge in [-0.15, -0.1) is 24.0 Å². The van der Waals surface area contributed by atoms with E-state index in [0.717, 1.165) is 51.5 Å². The minimum Gasteiger partial charge on any atom is -0.381 e. The highest BCUT2D eigenvalue weighted by atomic mass is 127. The molecule has 1 saturated heterocycles. The van der Waals surface area contributed by atoms with Crippen molar-refractivity contribution in [1.82, 2.24) is 10.2 Å². The number of rotatable bonds is 7. The molecule has 0 amide bonds. The van der Waals surface area contributed by atoms with Gasteiger partial charge in [0.05, 0.1) is 12.1 Å². The summed E-state index contributed by atoms with van der Waals surface area (Å²) in [7, 11) is 3.87. The minimum absolute atomic E-state index is 0. The molecular weight excluding hydrogens is 441 g/mol. The molecule has 0 saturated carbocycles. The van der Waals surface area contributed by atoms with Gasteiger partial charge in [0.1, 0.15) is 0 Å². The maximum Gasteiger partial charge on any atom is 0.194 e. The quantitative estimate of drug-likeness (QED) is 0.373. The van der Waals surface area contributed by atoms with Gasteiger partial charge in [0.2, 0.25) is 0 Å². The molecule has 1 N–H and O–H groups in total. The van der Waals surface area contributed by atoms with E-state index < -0.39 is 0 Å². The van der Waals surface area contributed by atoms with Crippen molar-refractivity contribution in [2.45, 2.75) is 45.3 Å². The fourth-order valence-electron chi connectivity index (χ4n) is 3.09. The molecule has 1 heterocycles. The monoisotopic (exact) mass is 475 g/mol. The van der Waals surface area contributed by atoms with Crippen LogP contribution in [0, 0.1) is 0 Å². The minimum atomic E-state index is -0.192. The number of aliphatic imine (C=N–C) groups is 1. The molecule has 1 fully saturated rings. The highest BCUT2D eigenvalue weighted by Gasteiger charge is 2.32. The Morgan fingerprint density at radius 3 is 2.35 bits per heavy atom. The molecule has 0 atom stereocenters. The average Bonchev–Trinajstić information content (AvgIpc) is 2.66. The molecule has 6 heteroatoms. The topological polar surface area (TPSA) is 46.1 Å². The van der Waals surface area contributed by atoms with Gasteiger partial charge in [-0.05, 0) is 24.5 Å². The third-order valence-corrected chi connectivity index (χ3v) is 4.90. The molecule has 0 bridgehead atoms. The Morgan fingerprint density at radius 2 is 1.81 bits per heavy atom. The molecule has 0 radical (unpaired) electrons. The van der Waals surface area contributed by atoms with Crippen molar-refractivity contribution in [1.29, 1.82) is 0 Å². The van der Waals surface area contributed by atoms with E-state index in [9.17, 15) is 0 Å². The van der Waals surface area contributed by atoms with Crippen molar-refractivity contribution >= 4 is 29.9 Å². The third kappa shape index (κ3) is 6.70. The number of halogens is 1. The Labute approximate surface area is 175 Å². The molecule has 0 aliphatic carbocycles. The second kappa shape index (κ2) is 11.8. The number of nitrogens with one attached hydrogen (secondary N) is 1. The van der Waals surface area contributed by atoms with E-state index in [1.54, 1.807) is 7.11 Å². The first kappa shape index (κ1) is 23.2. The normalized spacial score (nSPS) is 16.7. The molecule has 0 unspecified atom stereocenters. The molecular formula is C20H34IN3O2. The lowest BCUT2D eigenvalue weighted by Crippen LogP contribution is -2.44. The maximum atomic E-state index is 5.80. The summed E-state index contributed by atoms with van der Waals surface area (Å²) in [6.07, 6.45) is 2.87. The van der Waals surface area contributed by atoms with Gasteiger partial charge >= 0.3 is 0 Å². The van der Waals surface area contributed by atoms with Crippen molar-refractivity contribution in [3.63, 3.8) is 0 Å². The van der Waals surface area contributed by atoms with Crippen LogP contribution >= 0.6 is 24.0 Å². The van der Waals surface area contributed by atoms with Crippen LogP contribution in [0.5, 0.6) is 0 Å². The van der Waals surface area contributed by atoms with Crippen LogP contribution < -0.4 is 5.32 Å². The lowest BCUT2D eigenvalue weighted by molar-refractivity contribution is -0.0829. The van der Waals surface area contributed by atoms with E-state index in [1.807, 2.05) is 0 Å². The third-order valence-electron chi connectivity index (χ3n) is 4.90. The molecule has 5 nitrogen and oxygen atoms in total. The van der Waals surface area contributed by atoms with E-state index in [0.29, 0.717) is 6.54 Å². The second-order valence-electron chi connectivity index (χ2n) is 6.70. The number of hydrogen-bond acceptors (Lipinski definition) is 3. The van der Waals surface area contributed by atoms with E-state index in [4.69, 9.17) is 14.5 Å².